The van der Waals surface area contributed by atoms with Gasteiger partial charge in [-0.3, -0.25) is 9.78 Å². The van der Waals surface area contributed by atoms with Crippen LogP contribution in [-0.2, 0) is 0 Å². The Kier molecular flexibility index (Phi) is 3.52. The number of rotatable bonds is 3. The first-order valence-corrected chi connectivity index (χ1v) is 6.24. The summed E-state index contributed by atoms with van der Waals surface area (Å²) in [6.45, 7) is 4.19. The van der Waals surface area contributed by atoms with Gasteiger partial charge in [0.05, 0.1) is 0 Å². The summed E-state index contributed by atoms with van der Waals surface area (Å²) in [4.78, 5) is 17.4. The second kappa shape index (κ2) is 4.94. The van der Waals surface area contributed by atoms with E-state index in [0.717, 1.165) is 31.6 Å². The molecule has 1 aromatic rings. The van der Waals surface area contributed by atoms with Gasteiger partial charge in [-0.05, 0) is 38.9 Å². The Labute approximate surface area is 107 Å². The number of anilines is 1. The van der Waals surface area contributed by atoms with E-state index in [1.54, 1.807) is 12.3 Å². The van der Waals surface area contributed by atoms with Crippen LogP contribution < -0.4 is 16.0 Å². The van der Waals surface area contributed by atoms with E-state index in [4.69, 9.17) is 5.73 Å². The number of amides is 1. The second-order valence-electron chi connectivity index (χ2n) is 5.06. The first-order chi connectivity index (χ1) is 8.54. The zero-order valence-corrected chi connectivity index (χ0v) is 10.9. The third-order valence-corrected chi connectivity index (χ3v) is 3.83. The maximum Gasteiger partial charge on any atom is 0.267 e. The summed E-state index contributed by atoms with van der Waals surface area (Å²) in [5.74, 6) is -0.478. The van der Waals surface area contributed by atoms with Crippen molar-refractivity contribution in [1.29, 1.82) is 0 Å². The number of primary amides is 1. The molecule has 98 valence electrons. The highest BCUT2D eigenvalue weighted by atomic mass is 16.1. The molecule has 18 heavy (non-hydrogen) atoms. The van der Waals surface area contributed by atoms with Gasteiger partial charge in [0.1, 0.15) is 5.69 Å². The fraction of sp³-hybridized carbons (Fsp3) is 0.538. The van der Waals surface area contributed by atoms with Crippen molar-refractivity contribution in [3.05, 3.63) is 24.0 Å². The van der Waals surface area contributed by atoms with Gasteiger partial charge >= 0.3 is 0 Å². The number of hydrogen-bond donors (Lipinski definition) is 2. The molecule has 2 heterocycles. The van der Waals surface area contributed by atoms with Gasteiger partial charge < -0.3 is 16.0 Å². The molecule has 0 atom stereocenters. The van der Waals surface area contributed by atoms with Gasteiger partial charge in [0.2, 0.25) is 0 Å². The van der Waals surface area contributed by atoms with Crippen LogP contribution in [0.15, 0.2) is 18.3 Å². The molecule has 0 aromatic carbocycles. The number of hydrogen-bond acceptors (Lipinski definition) is 4. The van der Waals surface area contributed by atoms with Gasteiger partial charge in [-0.1, -0.05) is 0 Å². The predicted molar refractivity (Wildman–Crippen MR) is 71.7 cm³/mol. The molecule has 0 spiro atoms. The molecule has 0 bridgehead atoms. The fourth-order valence-electron chi connectivity index (χ4n) is 2.26. The van der Waals surface area contributed by atoms with Crippen molar-refractivity contribution in [1.82, 2.24) is 10.3 Å². The van der Waals surface area contributed by atoms with Gasteiger partial charge in [0, 0.05) is 30.5 Å². The number of nitrogens with two attached hydrogens (primary N) is 1. The molecule has 1 amide bonds. The SMILES string of the molecule is CNC1(C)CCN(c2ccnc(C(N)=O)c2)CC1. The molecule has 5 heteroatoms. The van der Waals surface area contributed by atoms with E-state index in [0.29, 0.717) is 5.69 Å². The Hall–Kier alpha value is -1.62. The highest BCUT2D eigenvalue weighted by Crippen LogP contribution is 2.25. The fourth-order valence-corrected chi connectivity index (χ4v) is 2.26. The van der Waals surface area contributed by atoms with Gasteiger partial charge in [-0.25, -0.2) is 0 Å². The van der Waals surface area contributed by atoms with Gasteiger partial charge in [0.15, 0.2) is 0 Å². The first-order valence-electron chi connectivity index (χ1n) is 6.24. The van der Waals surface area contributed by atoms with Crippen molar-refractivity contribution in [3.63, 3.8) is 0 Å². The van der Waals surface area contributed by atoms with E-state index in [9.17, 15) is 4.79 Å². The molecule has 1 aliphatic heterocycles. The molecule has 1 fully saturated rings. The van der Waals surface area contributed by atoms with Gasteiger partial charge in [-0.2, -0.15) is 0 Å². The smallest absolute Gasteiger partial charge is 0.267 e. The Balaban J connectivity index is 2.10. The van der Waals surface area contributed by atoms with Crippen molar-refractivity contribution in [2.75, 3.05) is 25.0 Å². The molecule has 3 N–H and O–H groups in total. The molecule has 0 radical (unpaired) electrons. The van der Waals surface area contributed by atoms with E-state index in [2.05, 4.69) is 22.1 Å². The van der Waals surface area contributed by atoms with E-state index < -0.39 is 5.91 Å². The minimum absolute atomic E-state index is 0.218. The predicted octanol–water partition coefficient (Wildman–Crippen LogP) is 0.759. The maximum absolute atomic E-state index is 11.1. The maximum atomic E-state index is 11.1. The van der Waals surface area contributed by atoms with E-state index >= 15 is 0 Å². The molecule has 1 aliphatic rings. The van der Waals surface area contributed by atoms with Crippen LogP contribution >= 0.6 is 0 Å². The summed E-state index contributed by atoms with van der Waals surface area (Å²) < 4.78 is 0. The van der Waals surface area contributed by atoms with Crippen LogP contribution in [0, 0.1) is 0 Å². The third-order valence-electron chi connectivity index (χ3n) is 3.83. The summed E-state index contributed by atoms with van der Waals surface area (Å²) in [5, 5.41) is 3.37. The standard InChI is InChI=1S/C13H20N4O/c1-13(15-2)4-7-17(8-5-13)10-3-6-16-11(9-10)12(14)18/h3,6,9,15H,4-5,7-8H2,1-2H3,(H2,14,18). The van der Waals surface area contributed by atoms with Crippen LogP contribution in [0.25, 0.3) is 0 Å². The Morgan fingerprint density at radius 1 is 1.50 bits per heavy atom. The lowest BCUT2D eigenvalue weighted by molar-refractivity contribution is 0.0995. The van der Waals surface area contributed by atoms with Crippen LogP contribution in [0.1, 0.15) is 30.3 Å². The minimum atomic E-state index is -0.478. The van der Waals surface area contributed by atoms with E-state index in [1.807, 2.05) is 13.1 Å². The summed E-state index contributed by atoms with van der Waals surface area (Å²) in [6.07, 6.45) is 3.80. The second-order valence-corrected chi connectivity index (χ2v) is 5.06. The summed E-state index contributed by atoms with van der Waals surface area (Å²) in [6, 6.07) is 3.69. The highest BCUT2D eigenvalue weighted by Gasteiger charge is 2.28. The van der Waals surface area contributed by atoms with Crippen LogP contribution in [0.5, 0.6) is 0 Å². The van der Waals surface area contributed by atoms with E-state index in [1.165, 1.54) is 0 Å². The lowest BCUT2D eigenvalue weighted by Gasteiger charge is -2.40. The summed E-state index contributed by atoms with van der Waals surface area (Å²) >= 11 is 0. The average Bonchev–Trinajstić information content (AvgIpc) is 2.40. The molecule has 0 unspecified atom stereocenters. The lowest BCUT2D eigenvalue weighted by atomic mass is 9.90. The zero-order valence-electron chi connectivity index (χ0n) is 10.9. The van der Waals surface area contributed by atoms with Gasteiger partial charge in [-0.15, -0.1) is 0 Å². The molecule has 1 saturated heterocycles. The number of aromatic nitrogens is 1. The van der Waals surface area contributed by atoms with Crippen molar-refractivity contribution in [3.8, 4) is 0 Å². The quantitative estimate of drug-likeness (QED) is 0.828. The molecule has 2 rings (SSSR count). The number of nitrogens with zero attached hydrogens (tertiary/aromatic N) is 2. The number of carbonyl (C=O) groups is 1. The van der Waals surface area contributed by atoms with Gasteiger partial charge in [0.25, 0.3) is 5.91 Å². The summed E-state index contributed by atoms with van der Waals surface area (Å²) in [5.41, 5.74) is 6.82. The topological polar surface area (TPSA) is 71.2 Å². The van der Waals surface area contributed by atoms with E-state index in [-0.39, 0.29) is 5.54 Å². The number of nitrogens with one attached hydrogen (secondary N) is 1. The van der Waals surface area contributed by atoms with Crippen LogP contribution in [0.3, 0.4) is 0 Å². The van der Waals surface area contributed by atoms with Crippen molar-refractivity contribution in [2.45, 2.75) is 25.3 Å². The Morgan fingerprint density at radius 3 is 2.72 bits per heavy atom. The lowest BCUT2D eigenvalue weighted by Crippen LogP contribution is -2.50. The number of pyridine rings is 1. The molecule has 0 aliphatic carbocycles. The zero-order chi connectivity index (χ0) is 13.2. The number of carbonyl (C=O) groups excluding carboxylic acids is 1. The van der Waals surface area contributed by atoms with Crippen LogP contribution in [0.4, 0.5) is 5.69 Å². The Morgan fingerprint density at radius 2 is 2.17 bits per heavy atom. The largest absolute Gasteiger partial charge is 0.371 e. The van der Waals surface area contributed by atoms with Crippen molar-refractivity contribution >= 4 is 11.6 Å². The summed E-state index contributed by atoms with van der Waals surface area (Å²) in [7, 11) is 2.01. The monoisotopic (exact) mass is 248 g/mol. The van der Waals surface area contributed by atoms with Crippen molar-refractivity contribution in [2.24, 2.45) is 5.73 Å². The molecule has 0 saturated carbocycles. The minimum Gasteiger partial charge on any atom is -0.371 e. The Bertz CT molecular complexity index is 438. The number of piperidine rings is 1. The third kappa shape index (κ3) is 2.61. The van der Waals surface area contributed by atoms with Crippen LogP contribution in [0.2, 0.25) is 0 Å². The molecular formula is C13H20N4O. The average molecular weight is 248 g/mol. The first kappa shape index (κ1) is 12.8. The molecular weight excluding hydrogens is 228 g/mol. The van der Waals surface area contributed by atoms with Crippen LogP contribution in [-0.4, -0.2) is 36.6 Å². The molecule has 5 nitrogen and oxygen atoms in total. The molecule has 1 aromatic heterocycles. The van der Waals surface area contributed by atoms with Crippen molar-refractivity contribution < 1.29 is 4.79 Å². The normalized spacial score (nSPS) is 18.7. The highest BCUT2D eigenvalue weighted by molar-refractivity contribution is 5.91.